The largest absolute Gasteiger partial charge is 0.391 e. The third-order valence-electron chi connectivity index (χ3n) is 4.11. The Balaban J connectivity index is 1.79. The first-order valence-corrected chi connectivity index (χ1v) is 8.11. The fraction of sp³-hybridized carbons (Fsp3) is 0.353. The first kappa shape index (κ1) is 14.5. The normalized spacial score (nSPS) is 22.2. The second-order valence-electron chi connectivity index (χ2n) is 5.64. The highest BCUT2D eigenvalue weighted by atomic mass is 79.9. The van der Waals surface area contributed by atoms with Crippen LogP contribution in [0.4, 0.5) is 0 Å². The number of nitrogens with one attached hydrogen (secondary N) is 1. The van der Waals surface area contributed by atoms with Gasteiger partial charge in [-0.05, 0) is 47.9 Å². The number of aliphatic hydroxyl groups is 1. The second kappa shape index (κ2) is 6.16. The van der Waals surface area contributed by atoms with Gasteiger partial charge in [-0.3, -0.25) is 4.79 Å². The van der Waals surface area contributed by atoms with E-state index >= 15 is 0 Å². The molecule has 0 aromatic heterocycles. The molecule has 0 unspecified atom stereocenters. The van der Waals surface area contributed by atoms with Gasteiger partial charge >= 0.3 is 0 Å². The van der Waals surface area contributed by atoms with Crippen LogP contribution < -0.4 is 5.32 Å². The average Bonchev–Trinajstić information content (AvgIpc) is 2.49. The summed E-state index contributed by atoms with van der Waals surface area (Å²) in [5, 5.41) is 15.0. The van der Waals surface area contributed by atoms with E-state index in [2.05, 4.69) is 21.2 Å². The van der Waals surface area contributed by atoms with Crippen molar-refractivity contribution in [3.63, 3.8) is 0 Å². The Morgan fingerprint density at radius 1 is 1.10 bits per heavy atom. The van der Waals surface area contributed by atoms with Crippen molar-refractivity contribution in [2.24, 2.45) is 0 Å². The summed E-state index contributed by atoms with van der Waals surface area (Å²) >= 11 is 3.45. The lowest BCUT2D eigenvalue weighted by Gasteiger charge is -2.28. The molecule has 1 amide bonds. The lowest BCUT2D eigenvalue weighted by molar-refractivity contribution is 0.0717. The molecule has 0 spiro atoms. The van der Waals surface area contributed by atoms with Gasteiger partial charge in [-0.25, -0.2) is 0 Å². The summed E-state index contributed by atoms with van der Waals surface area (Å²) in [7, 11) is 0. The molecule has 1 aliphatic rings. The van der Waals surface area contributed by atoms with Crippen LogP contribution in [0.3, 0.4) is 0 Å². The number of rotatable bonds is 2. The number of amides is 1. The standard InChI is InChI=1S/C17H18BrNO2/c18-14-8-7-11-9-13(6-5-12(11)10-14)17(21)19-15-3-1-2-4-16(15)20/h5-10,15-16,20H,1-4H2,(H,19,21)/t15-,16-/m1/s1. The number of carbonyl (C=O) groups is 1. The van der Waals surface area contributed by atoms with E-state index in [0.29, 0.717) is 5.56 Å². The highest BCUT2D eigenvalue weighted by molar-refractivity contribution is 9.10. The van der Waals surface area contributed by atoms with Gasteiger partial charge in [0.1, 0.15) is 0 Å². The van der Waals surface area contributed by atoms with Crippen molar-refractivity contribution in [2.75, 3.05) is 0 Å². The van der Waals surface area contributed by atoms with Crippen LogP contribution in [0.2, 0.25) is 0 Å². The van der Waals surface area contributed by atoms with Crippen LogP contribution in [-0.2, 0) is 0 Å². The average molecular weight is 348 g/mol. The summed E-state index contributed by atoms with van der Waals surface area (Å²) in [6, 6.07) is 11.5. The molecule has 1 saturated carbocycles. The van der Waals surface area contributed by atoms with Gasteiger partial charge in [-0.2, -0.15) is 0 Å². The maximum Gasteiger partial charge on any atom is 0.251 e. The quantitative estimate of drug-likeness (QED) is 0.871. The Bertz CT molecular complexity index is 671. The van der Waals surface area contributed by atoms with Gasteiger partial charge in [0, 0.05) is 10.0 Å². The number of hydrogen-bond donors (Lipinski definition) is 2. The first-order valence-electron chi connectivity index (χ1n) is 7.32. The molecule has 2 aromatic carbocycles. The molecule has 3 nitrogen and oxygen atoms in total. The van der Waals surface area contributed by atoms with Crippen LogP contribution in [0.25, 0.3) is 10.8 Å². The van der Waals surface area contributed by atoms with Crippen molar-refractivity contribution in [1.82, 2.24) is 5.32 Å². The topological polar surface area (TPSA) is 49.3 Å². The first-order chi connectivity index (χ1) is 10.1. The minimum atomic E-state index is -0.417. The zero-order valence-electron chi connectivity index (χ0n) is 11.7. The number of carbonyl (C=O) groups excluding carboxylic acids is 1. The van der Waals surface area contributed by atoms with Crippen molar-refractivity contribution in [3.8, 4) is 0 Å². The van der Waals surface area contributed by atoms with E-state index in [1.807, 2.05) is 36.4 Å². The molecule has 21 heavy (non-hydrogen) atoms. The summed E-state index contributed by atoms with van der Waals surface area (Å²) in [4.78, 5) is 12.3. The second-order valence-corrected chi connectivity index (χ2v) is 6.55. The molecule has 0 saturated heterocycles. The highest BCUT2D eigenvalue weighted by Crippen LogP contribution is 2.22. The van der Waals surface area contributed by atoms with Crippen LogP contribution >= 0.6 is 15.9 Å². The molecule has 0 aliphatic heterocycles. The Morgan fingerprint density at radius 2 is 1.81 bits per heavy atom. The molecule has 2 atom stereocenters. The smallest absolute Gasteiger partial charge is 0.251 e. The van der Waals surface area contributed by atoms with E-state index in [1.54, 1.807) is 0 Å². The molecular weight excluding hydrogens is 330 g/mol. The van der Waals surface area contributed by atoms with Crippen molar-refractivity contribution in [3.05, 3.63) is 46.4 Å². The van der Waals surface area contributed by atoms with Gasteiger partial charge in [-0.15, -0.1) is 0 Å². The number of benzene rings is 2. The third kappa shape index (κ3) is 3.27. The van der Waals surface area contributed by atoms with Crippen LogP contribution in [0.15, 0.2) is 40.9 Å². The van der Waals surface area contributed by atoms with E-state index in [-0.39, 0.29) is 11.9 Å². The van der Waals surface area contributed by atoms with Crippen LogP contribution in [0.1, 0.15) is 36.0 Å². The van der Waals surface area contributed by atoms with E-state index in [9.17, 15) is 9.90 Å². The summed E-state index contributed by atoms with van der Waals surface area (Å²) in [6.07, 6.45) is 3.31. The highest BCUT2D eigenvalue weighted by Gasteiger charge is 2.24. The minimum absolute atomic E-state index is 0.106. The van der Waals surface area contributed by atoms with E-state index in [4.69, 9.17) is 0 Å². The maximum atomic E-state index is 12.3. The molecule has 2 N–H and O–H groups in total. The summed E-state index contributed by atoms with van der Waals surface area (Å²) < 4.78 is 1.03. The Kier molecular flexibility index (Phi) is 4.27. The lowest BCUT2D eigenvalue weighted by atomic mass is 9.92. The Labute approximate surface area is 132 Å². The van der Waals surface area contributed by atoms with Gasteiger partial charge in [-0.1, -0.05) is 40.9 Å². The van der Waals surface area contributed by atoms with Crippen molar-refractivity contribution < 1.29 is 9.90 Å². The predicted octanol–water partition coefficient (Wildman–Crippen LogP) is 3.64. The number of fused-ring (bicyclic) bond motifs is 1. The third-order valence-corrected chi connectivity index (χ3v) is 4.60. The van der Waals surface area contributed by atoms with E-state index < -0.39 is 6.10 Å². The zero-order chi connectivity index (χ0) is 14.8. The predicted molar refractivity (Wildman–Crippen MR) is 87.4 cm³/mol. The van der Waals surface area contributed by atoms with Gasteiger partial charge in [0.05, 0.1) is 12.1 Å². The fourth-order valence-corrected chi connectivity index (χ4v) is 3.27. The van der Waals surface area contributed by atoms with E-state index in [1.165, 1.54) is 0 Å². The number of aliphatic hydroxyl groups excluding tert-OH is 1. The Morgan fingerprint density at radius 3 is 2.62 bits per heavy atom. The van der Waals surface area contributed by atoms with Crippen molar-refractivity contribution in [2.45, 2.75) is 37.8 Å². The summed E-state index contributed by atoms with van der Waals surface area (Å²) in [5.41, 5.74) is 0.641. The monoisotopic (exact) mass is 347 g/mol. The molecule has 0 bridgehead atoms. The summed E-state index contributed by atoms with van der Waals surface area (Å²) in [6.45, 7) is 0. The van der Waals surface area contributed by atoms with Crippen LogP contribution in [-0.4, -0.2) is 23.2 Å². The Hall–Kier alpha value is -1.39. The molecule has 3 rings (SSSR count). The molecular formula is C17H18BrNO2. The fourth-order valence-electron chi connectivity index (χ4n) is 2.89. The van der Waals surface area contributed by atoms with Gasteiger partial charge < -0.3 is 10.4 Å². The minimum Gasteiger partial charge on any atom is -0.391 e. The molecule has 0 radical (unpaired) electrons. The molecule has 1 aliphatic carbocycles. The zero-order valence-corrected chi connectivity index (χ0v) is 13.3. The van der Waals surface area contributed by atoms with Crippen molar-refractivity contribution in [1.29, 1.82) is 0 Å². The molecule has 4 heteroatoms. The SMILES string of the molecule is O=C(N[C@@H]1CCCC[C@H]1O)c1ccc2cc(Br)ccc2c1. The number of halogens is 1. The number of hydrogen-bond acceptors (Lipinski definition) is 2. The molecule has 0 heterocycles. The molecule has 110 valence electrons. The molecule has 1 fully saturated rings. The van der Waals surface area contributed by atoms with E-state index in [0.717, 1.165) is 40.9 Å². The van der Waals surface area contributed by atoms with Crippen LogP contribution in [0, 0.1) is 0 Å². The lowest BCUT2D eigenvalue weighted by Crippen LogP contribution is -2.45. The van der Waals surface area contributed by atoms with Crippen molar-refractivity contribution >= 4 is 32.6 Å². The maximum absolute atomic E-state index is 12.3. The van der Waals surface area contributed by atoms with Gasteiger partial charge in [0.15, 0.2) is 0 Å². The van der Waals surface area contributed by atoms with Crippen LogP contribution in [0.5, 0.6) is 0 Å². The van der Waals surface area contributed by atoms with Gasteiger partial charge in [0.2, 0.25) is 0 Å². The summed E-state index contributed by atoms with van der Waals surface area (Å²) in [5.74, 6) is -0.106. The molecule has 2 aromatic rings. The van der Waals surface area contributed by atoms with Gasteiger partial charge in [0.25, 0.3) is 5.91 Å².